The Balaban J connectivity index is 2.45. The smallest absolute Gasteiger partial charge is 0.317 e. The Kier molecular flexibility index (Phi) is 6.45. The molecule has 122 valence electrons. The van der Waals surface area contributed by atoms with E-state index in [0.29, 0.717) is 32.0 Å². The third-order valence-electron chi connectivity index (χ3n) is 3.94. The zero-order valence-electron chi connectivity index (χ0n) is 13.5. The van der Waals surface area contributed by atoms with Crippen LogP contribution in [0.4, 0.5) is 4.79 Å². The van der Waals surface area contributed by atoms with E-state index in [2.05, 4.69) is 12.2 Å². The first-order valence-corrected chi connectivity index (χ1v) is 7.52. The average molecular weight is 300 g/mol. The number of carbonyl (C=O) groups is 2. The first-order chi connectivity index (χ1) is 9.77. The van der Waals surface area contributed by atoms with E-state index < -0.39 is 11.9 Å². The molecule has 6 heteroatoms. The highest BCUT2D eigenvalue weighted by atomic mass is 16.5. The molecule has 6 nitrogen and oxygen atoms in total. The molecule has 0 aromatic heterocycles. The Labute approximate surface area is 126 Å². The van der Waals surface area contributed by atoms with Crippen LogP contribution in [0.5, 0.6) is 0 Å². The monoisotopic (exact) mass is 300 g/mol. The lowest BCUT2D eigenvalue weighted by molar-refractivity contribution is -0.142. The van der Waals surface area contributed by atoms with Crippen molar-refractivity contribution in [3.63, 3.8) is 0 Å². The van der Waals surface area contributed by atoms with Gasteiger partial charge in [-0.25, -0.2) is 4.79 Å². The van der Waals surface area contributed by atoms with Gasteiger partial charge in [0.1, 0.15) is 0 Å². The molecule has 2 N–H and O–H groups in total. The van der Waals surface area contributed by atoms with E-state index in [9.17, 15) is 14.7 Å². The van der Waals surface area contributed by atoms with Gasteiger partial charge < -0.3 is 20.1 Å². The number of hydrogen-bond acceptors (Lipinski definition) is 3. The highest BCUT2D eigenvalue weighted by molar-refractivity contribution is 5.76. The van der Waals surface area contributed by atoms with Crippen LogP contribution in [0.2, 0.25) is 0 Å². The van der Waals surface area contributed by atoms with Crippen molar-refractivity contribution in [3.8, 4) is 0 Å². The van der Waals surface area contributed by atoms with Crippen LogP contribution in [-0.2, 0) is 9.53 Å². The van der Waals surface area contributed by atoms with Crippen LogP contribution in [0.3, 0.4) is 0 Å². The molecule has 0 spiro atoms. The Morgan fingerprint density at radius 1 is 1.43 bits per heavy atom. The summed E-state index contributed by atoms with van der Waals surface area (Å²) in [5.41, 5.74) is -0.00375. The van der Waals surface area contributed by atoms with Gasteiger partial charge in [0.15, 0.2) is 0 Å². The highest BCUT2D eigenvalue weighted by Gasteiger charge is 2.36. The fourth-order valence-electron chi connectivity index (χ4n) is 2.83. The van der Waals surface area contributed by atoms with Gasteiger partial charge in [0, 0.05) is 32.2 Å². The zero-order chi connectivity index (χ0) is 16.0. The summed E-state index contributed by atoms with van der Waals surface area (Å²) in [4.78, 5) is 25.1. The van der Waals surface area contributed by atoms with E-state index in [0.717, 1.165) is 6.42 Å². The SMILES string of the molecule is COCC1(C)CCN(C(=O)NCC(CC(C)C)C(=O)O)C1. The van der Waals surface area contributed by atoms with E-state index in [1.807, 2.05) is 13.8 Å². The van der Waals surface area contributed by atoms with E-state index in [1.165, 1.54) is 0 Å². The van der Waals surface area contributed by atoms with Crippen LogP contribution >= 0.6 is 0 Å². The molecule has 0 saturated carbocycles. The molecule has 1 aliphatic rings. The molecule has 0 radical (unpaired) electrons. The third-order valence-corrected chi connectivity index (χ3v) is 3.94. The fourth-order valence-corrected chi connectivity index (χ4v) is 2.83. The average Bonchev–Trinajstić information content (AvgIpc) is 2.76. The van der Waals surface area contributed by atoms with Crippen molar-refractivity contribution in [1.82, 2.24) is 10.2 Å². The molecule has 0 aliphatic carbocycles. The minimum atomic E-state index is -0.852. The number of nitrogens with one attached hydrogen (secondary N) is 1. The Morgan fingerprint density at radius 3 is 2.62 bits per heavy atom. The number of carboxylic acid groups (broad SMARTS) is 1. The van der Waals surface area contributed by atoms with Gasteiger partial charge in [0.05, 0.1) is 12.5 Å². The zero-order valence-corrected chi connectivity index (χ0v) is 13.5. The summed E-state index contributed by atoms with van der Waals surface area (Å²) < 4.78 is 5.19. The van der Waals surface area contributed by atoms with Crippen LogP contribution in [0, 0.1) is 17.3 Å². The standard InChI is InChI=1S/C15H28N2O4/c1-11(2)7-12(13(18)19)8-16-14(20)17-6-5-15(3,9-17)10-21-4/h11-12H,5-10H2,1-4H3,(H,16,20)(H,18,19). The number of methoxy groups -OCH3 is 1. The number of likely N-dealkylation sites (tertiary alicyclic amines) is 1. The molecule has 2 atom stereocenters. The lowest BCUT2D eigenvalue weighted by atomic mass is 9.91. The van der Waals surface area contributed by atoms with Crippen molar-refractivity contribution in [1.29, 1.82) is 0 Å². The molecule has 0 aromatic carbocycles. The van der Waals surface area contributed by atoms with Gasteiger partial charge in [0.25, 0.3) is 0 Å². The molecule has 1 saturated heterocycles. The predicted molar refractivity (Wildman–Crippen MR) is 80.2 cm³/mol. The van der Waals surface area contributed by atoms with Crippen molar-refractivity contribution < 1.29 is 19.4 Å². The molecule has 2 unspecified atom stereocenters. The number of carbonyl (C=O) groups excluding carboxylic acids is 1. The second-order valence-corrected chi connectivity index (χ2v) is 6.77. The maximum absolute atomic E-state index is 12.1. The van der Waals surface area contributed by atoms with Gasteiger partial charge >= 0.3 is 12.0 Å². The summed E-state index contributed by atoms with van der Waals surface area (Å²) in [6.45, 7) is 8.21. The quantitative estimate of drug-likeness (QED) is 0.751. The normalized spacial score (nSPS) is 23.4. The summed E-state index contributed by atoms with van der Waals surface area (Å²) in [6, 6.07) is -0.176. The lowest BCUT2D eigenvalue weighted by Gasteiger charge is -2.24. The van der Waals surface area contributed by atoms with Crippen LogP contribution < -0.4 is 5.32 Å². The number of amides is 2. The molecule has 1 fully saturated rings. The number of urea groups is 1. The van der Waals surface area contributed by atoms with Crippen LogP contribution in [0.15, 0.2) is 0 Å². The second kappa shape index (κ2) is 7.64. The van der Waals surface area contributed by atoms with E-state index in [4.69, 9.17) is 4.74 Å². The molecular weight excluding hydrogens is 272 g/mol. The number of carboxylic acids is 1. The second-order valence-electron chi connectivity index (χ2n) is 6.77. The Bertz CT molecular complexity index is 373. The summed E-state index contributed by atoms with van der Waals surface area (Å²) in [6.07, 6.45) is 1.47. The first-order valence-electron chi connectivity index (χ1n) is 7.52. The van der Waals surface area contributed by atoms with Gasteiger partial charge in [-0.05, 0) is 18.8 Å². The lowest BCUT2D eigenvalue weighted by Crippen LogP contribution is -2.43. The number of nitrogens with zero attached hydrogens (tertiary/aromatic N) is 1. The van der Waals surface area contributed by atoms with Crippen LogP contribution in [0.1, 0.15) is 33.6 Å². The van der Waals surface area contributed by atoms with Gasteiger partial charge in [-0.2, -0.15) is 0 Å². The minimum absolute atomic E-state index is 0.00375. The Hall–Kier alpha value is -1.30. The van der Waals surface area contributed by atoms with Crippen LogP contribution in [0.25, 0.3) is 0 Å². The van der Waals surface area contributed by atoms with Crippen molar-refractivity contribution in [2.75, 3.05) is 33.4 Å². The van der Waals surface area contributed by atoms with Crippen molar-refractivity contribution in [2.24, 2.45) is 17.3 Å². The molecule has 0 bridgehead atoms. The number of aliphatic carboxylic acids is 1. The maximum Gasteiger partial charge on any atom is 0.317 e. The van der Waals surface area contributed by atoms with Crippen molar-refractivity contribution in [2.45, 2.75) is 33.6 Å². The molecule has 2 amide bonds. The van der Waals surface area contributed by atoms with Crippen molar-refractivity contribution >= 4 is 12.0 Å². The van der Waals surface area contributed by atoms with Crippen molar-refractivity contribution in [3.05, 3.63) is 0 Å². The Morgan fingerprint density at radius 2 is 2.10 bits per heavy atom. The van der Waals surface area contributed by atoms with Gasteiger partial charge in [-0.1, -0.05) is 20.8 Å². The molecule has 0 aromatic rings. The number of hydrogen-bond donors (Lipinski definition) is 2. The number of ether oxygens (including phenoxy) is 1. The molecule has 21 heavy (non-hydrogen) atoms. The molecule has 1 rings (SSSR count). The highest BCUT2D eigenvalue weighted by Crippen LogP contribution is 2.29. The summed E-state index contributed by atoms with van der Waals surface area (Å²) in [5, 5.41) is 11.9. The van der Waals surface area contributed by atoms with Crippen LogP contribution in [-0.4, -0.2) is 55.4 Å². The first kappa shape index (κ1) is 17.8. The van der Waals surface area contributed by atoms with Gasteiger partial charge in [0.2, 0.25) is 0 Å². The molecule has 1 aliphatic heterocycles. The maximum atomic E-state index is 12.1. The molecular formula is C15H28N2O4. The van der Waals surface area contributed by atoms with Gasteiger partial charge in [-0.3, -0.25) is 4.79 Å². The summed E-state index contributed by atoms with van der Waals surface area (Å²) in [5.74, 6) is -1.09. The van der Waals surface area contributed by atoms with E-state index >= 15 is 0 Å². The molecule has 1 heterocycles. The largest absolute Gasteiger partial charge is 0.481 e. The van der Waals surface area contributed by atoms with Gasteiger partial charge in [-0.15, -0.1) is 0 Å². The summed E-state index contributed by atoms with van der Waals surface area (Å²) in [7, 11) is 1.66. The fraction of sp³-hybridized carbons (Fsp3) is 0.867. The van der Waals surface area contributed by atoms with E-state index in [-0.39, 0.29) is 18.0 Å². The summed E-state index contributed by atoms with van der Waals surface area (Å²) >= 11 is 0. The van der Waals surface area contributed by atoms with E-state index in [1.54, 1.807) is 12.0 Å². The number of rotatable bonds is 7. The minimum Gasteiger partial charge on any atom is -0.481 e. The third kappa shape index (κ3) is 5.53. The predicted octanol–water partition coefficient (Wildman–Crippen LogP) is 1.80. The topological polar surface area (TPSA) is 78.9 Å².